The average molecular weight is 294 g/mol. The quantitative estimate of drug-likeness (QED) is 0.619. The summed E-state index contributed by atoms with van der Waals surface area (Å²) in [6.07, 6.45) is 0.813. The van der Waals surface area contributed by atoms with Crippen molar-refractivity contribution in [2.24, 2.45) is 10.2 Å². The molecule has 0 radical (unpaired) electrons. The second kappa shape index (κ2) is 6.29. The van der Waals surface area contributed by atoms with Crippen LogP contribution in [0.3, 0.4) is 0 Å². The van der Waals surface area contributed by atoms with Gasteiger partial charge in [-0.3, -0.25) is 4.79 Å². The summed E-state index contributed by atoms with van der Waals surface area (Å²) in [5.41, 5.74) is 0.262. The van der Waals surface area contributed by atoms with Crippen LogP contribution in [0.15, 0.2) is 34.5 Å². The maximum absolute atomic E-state index is 13.3. The molecule has 2 rings (SSSR count). The molecular formula is C12H9FN3O3S-. The Kier molecular flexibility index (Phi) is 4.46. The number of carbonyl (C=O) groups is 2. The van der Waals surface area contributed by atoms with Crippen LogP contribution in [0.2, 0.25) is 0 Å². The number of halogens is 1. The molecule has 1 aromatic carbocycles. The number of hydrogen-bond donors (Lipinski definition) is 1. The number of rotatable bonds is 4. The Morgan fingerprint density at radius 3 is 2.95 bits per heavy atom. The van der Waals surface area contributed by atoms with Crippen LogP contribution in [-0.4, -0.2) is 28.5 Å². The van der Waals surface area contributed by atoms with Crippen LogP contribution in [0, 0.1) is 5.82 Å². The lowest BCUT2D eigenvalue weighted by Gasteiger charge is -2.04. The van der Waals surface area contributed by atoms with Gasteiger partial charge in [-0.2, -0.15) is 5.10 Å². The van der Waals surface area contributed by atoms with Crippen LogP contribution in [0.4, 0.5) is 4.39 Å². The predicted molar refractivity (Wildman–Crippen MR) is 70.6 cm³/mol. The lowest BCUT2D eigenvalue weighted by molar-refractivity contribution is -0.305. The van der Waals surface area contributed by atoms with E-state index in [1.54, 1.807) is 12.1 Å². The van der Waals surface area contributed by atoms with Crippen molar-refractivity contribution in [1.29, 1.82) is 0 Å². The van der Waals surface area contributed by atoms with E-state index in [0.717, 1.165) is 11.8 Å². The SMILES string of the molecule is O=C([O-])C[C@@H]1S/C(=N\N=C/c2ccccc2F)NC1=O. The van der Waals surface area contributed by atoms with Crippen LogP contribution in [-0.2, 0) is 9.59 Å². The van der Waals surface area contributed by atoms with Crippen LogP contribution in [0.1, 0.15) is 12.0 Å². The fraction of sp³-hybridized carbons (Fsp3) is 0.167. The summed E-state index contributed by atoms with van der Waals surface area (Å²) in [6, 6.07) is 6.02. The number of carboxylic acids is 1. The normalized spacial score (nSPS) is 20.6. The molecular weight excluding hydrogens is 285 g/mol. The van der Waals surface area contributed by atoms with Gasteiger partial charge in [0.25, 0.3) is 0 Å². The number of amidine groups is 1. The number of amides is 1. The second-order valence-electron chi connectivity index (χ2n) is 3.84. The fourth-order valence-corrected chi connectivity index (χ4v) is 2.37. The largest absolute Gasteiger partial charge is 0.550 e. The molecule has 0 saturated carbocycles. The summed E-state index contributed by atoms with van der Waals surface area (Å²) in [5, 5.41) is 19.6. The first-order chi connectivity index (χ1) is 9.56. The minimum absolute atomic E-state index is 0.175. The lowest BCUT2D eigenvalue weighted by Crippen LogP contribution is -2.31. The number of thioether (sulfide) groups is 1. The molecule has 1 saturated heterocycles. The molecule has 1 aromatic rings. The molecule has 1 N–H and O–H groups in total. The van der Waals surface area contributed by atoms with Gasteiger partial charge in [0.05, 0.1) is 11.5 Å². The number of aliphatic carboxylic acids is 1. The number of carboxylic acid groups (broad SMARTS) is 1. The molecule has 1 fully saturated rings. The van der Waals surface area contributed by atoms with Crippen molar-refractivity contribution in [3.63, 3.8) is 0 Å². The highest BCUT2D eigenvalue weighted by Crippen LogP contribution is 2.21. The molecule has 1 aliphatic rings. The Balaban J connectivity index is 2.01. The number of benzene rings is 1. The third kappa shape index (κ3) is 3.64. The third-order valence-corrected chi connectivity index (χ3v) is 3.45. The molecule has 1 aliphatic heterocycles. The van der Waals surface area contributed by atoms with Gasteiger partial charge in [-0.05, 0) is 6.07 Å². The Bertz CT molecular complexity index is 603. The zero-order valence-electron chi connectivity index (χ0n) is 10.1. The van der Waals surface area contributed by atoms with Gasteiger partial charge in [-0.15, -0.1) is 5.10 Å². The summed E-state index contributed by atoms with van der Waals surface area (Å²) in [5.74, 6) is -2.21. The van der Waals surface area contributed by atoms with Gasteiger partial charge in [-0.25, -0.2) is 4.39 Å². The molecule has 8 heteroatoms. The summed E-state index contributed by atoms with van der Waals surface area (Å²) in [7, 11) is 0. The Labute approximate surface area is 117 Å². The first kappa shape index (κ1) is 14.2. The van der Waals surface area contributed by atoms with Crippen molar-refractivity contribution in [3.8, 4) is 0 Å². The van der Waals surface area contributed by atoms with Crippen molar-refractivity contribution in [2.45, 2.75) is 11.7 Å². The van der Waals surface area contributed by atoms with Crippen LogP contribution in [0.5, 0.6) is 0 Å². The van der Waals surface area contributed by atoms with E-state index in [-0.39, 0.29) is 10.7 Å². The number of hydrogen-bond acceptors (Lipinski definition) is 6. The van der Waals surface area contributed by atoms with E-state index in [0.29, 0.717) is 0 Å². The molecule has 1 heterocycles. The maximum atomic E-state index is 13.3. The summed E-state index contributed by atoms with van der Waals surface area (Å²) < 4.78 is 13.3. The number of carbonyl (C=O) groups excluding carboxylic acids is 2. The van der Waals surface area contributed by atoms with E-state index >= 15 is 0 Å². The van der Waals surface area contributed by atoms with Gasteiger partial charge in [0.1, 0.15) is 5.82 Å². The lowest BCUT2D eigenvalue weighted by atomic mass is 10.2. The fourth-order valence-electron chi connectivity index (χ4n) is 1.46. The highest BCUT2D eigenvalue weighted by molar-refractivity contribution is 8.15. The minimum Gasteiger partial charge on any atom is -0.550 e. The van der Waals surface area contributed by atoms with E-state index in [4.69, 9.17) is 0 Å². The smallest absolute Gasteiger partial charge is 0.239 e. The summed E-state index contributed by atoms with van der Waals surface area (Å²) >= 11 is 0.947. The van der Waals surface area contributed by atoms with Crippen molar-refractivity contribution in [3.05, 3.63) is 35.6 Å². The maximum Gasteiger partial charge on any atom is 0.239 e. The Morgan fingerprint density at radius 2 is 2.25 bits per heavy atom. The van der Waals surface area contributed by atoms with E-state index < -0.39 is 29.4 Å². The first-order valence-corrected chi connectivity index (χ1v) is 6.47. The molecule has 0 unspecified atom stereocenters. The molecule has 1 atom stereocenters. The molecule has 0 aliphatic carbocycles. The highest BCUT2D eigenvalue weighted by Gasteiger charge is 2.30. The van der Waals surface area contributed by atoms with E-state index in [1.807, 2.05) is 0 Å². The van der Waals surface area contributed by atoms with Crippen molar-refractivity contribution < 1.29 is 19.1 Å². The number of nitrogens with zero attached hydrogens (tertiary/aromatic N) is 2. The van der Waals surface area contributed by atoms with Crippen molar-refractivity contribution in [2.75, 3.05) is 0 Å². The predicted octanol–water partition coefficient (Wildman–Crippen LogP) is -0.113. The van der Waals surface area contributed by atoms with Gasteiger partial charge in [0.15, 0.2) is 5.17 Å². The molecule has 20 heavy (non-hydrogen) atoms. The van der Waals surface area contributed by atoms with Crippen molar-refractivity contribution in [1.82, 2.24) is 5.32 Å². The average Bonchev–Trinajstić information content (AvgIpc) is 2.72. The van der Waals surface area contributed by atoms with E-state index in [1.165, 1.54) is 18.3 Å². The highest BCUT2D eigenvalue weighted by atomic mass is 32.2. The van der Waals surface area contributed by atoms with E-state index in [2.05, 4.69) is 15.5 Å². The summed E-state index contributed by atoms with van der Waals surface area (Å²) in [6.45, 7) is 0. The van der Waals surface area contributed by atoms with E-state index in [9.17, 15) is 19.1 Å². The van der Waals surface area contributed by atoms with Gasteiger partial charge >= 0.3 is 0 Å². The standard InChI is InChI=1S/C12H10FN3O3S/c13-8-4-2-1-3-7(8)6-14-16-12-15-11(19)9(20-12)5-10(17)18/h1-4,6,9H,5H2,(H,17,18)(H,15,16,19)/p-1/b14-6-/t9-/m0/s1. The molecule has 0 bridgehead atoms. The Hall–Kier alpha value is -2.22. The second-order valence-corrected chi connectivity index (χ2v) is 5.03. The summed E-state index contributed by atoms with van der Waals surface area (Å²) in [4.78, 5) is 21.8. The molecule has 1 amide bonds. The molecule has 104 valence electrons. The Morgan fingerprint density at radius 1 is 1.50 bits per heavy atom. The molecule has 0 spiro atoms. The van der Waals surface area contributed by atoms with Gasteiger partial charge < -0.3 is 15.2 Å². The zero-order chi connectivity index (χ0) is 14.5. The third-order valence-electron chi connectivity index (χ3n) is 2.38. The van der Waals surface area contributed by atoms with Gasteiger partial charge in [0, 0.05) is 18.0 Å². The first-order valence-electron chi connectivity index (χ1n) is 5.59. The van der Waals surface area contributed by atoms with Crippen molar-refractivity contribution >= 4 is 35.0 Å². The molecule has 6 nitrogen and oxygen atoms in total. The van der Waals surface area contributed by atoms with Crippen LogP contribution < -0.4 is 10.4 Å². The minimum atomic E-state index is -1.31. The van der Waals surface area contributed by atoms with Gasteiger partial charge in [-0.1, -0.05) is 30.0 Å². The zero-order valence-corrected chi connectivity index (χ0v) is 10.9. The van der Waals surface area contributed by atoms with Crippen LogP contribution >= 0.6 is 11.8 Å². The van der Waals surface area contributed by atoms with Gasteiger partial charge in [0.2, 0.25) is 5.91 Å². The van der Waals surface area contributed by atoms with Crippen LogP contribution in [0.25, 0.3) is 0 Å². The molecule has 0 aromatic heterocycles. The topological polar surface area (TPSA) is 93.9 Å². The monoisotopic (exact) mass is 294 g/mol. The number of nitrogens with one attached hydrogen (secondary N) is 1.